The maximum Gasteiger partial charge on any atom is 0.189 e. The van der Waals surface area contributed by atoms with Crippen molar-refractivity contribution in [2.75, 3.05) is 13.2 Å². The van der Waals surface area contributed by atoms with Crippen molar-refractivity contribution in [2.45, 2.75) is 64.5 Å². The van der Waals surface area contributed by atoms with E-state index >= 15 is 0 Å². The topological polar surface area (TPSA) is 59.6 Å². The lowest BCUT2D eigenvalue weighted by Crippen LogP contribution is -2.45. The van der Waals surface area contributed by atoms with Gasteiger partial charge in [-0.2, -0.15) is 0 Å². The van der Waals surface area contributed by atoms with E-state index in [-0.39, 0.29) is 5.54 Å². The Bertz CT molecular complexity index is 240. The van der Waals surface area contributed by atoms with Crippen LogP contribution in [0.2, 0.25) is 0 Å². The zero-order valence-electron chi connectivity index (χ0n) is 11.5. The van der Waals surface area contributed by atoms with Crippen LogP contribution < -0.4 is 11.1 Å². The summed E-state index contributed by atoms with van der Waals surface area (Å²) in [6.45, 7) is 7.51. The second kappa shape index (κ2) is 6.84. The molecule has 0 aromatic rings. The molecule has 0 atom stereocenters. The van der Waals surface area contributed by atoms with Crippen molar-refractivity contribution in [1.29, 1.82) is 0 Å². The van der Waals surface area contributed by atoms with E-state index in [1.54, 1.807) is 0 Å². The van der Waals surface area contributed by atoms with Crippen LogP contribution in [0.4, 0.5) is 0 Å². The van der Waals surface area contributed by atoms with E-state index in [0.717, 1.165) is 0 Å². The van der Waals surface area contributed by atoms with Gasteiger partial charge in [0.2, 0.25) is 0 Å². The van der Waals surface area contributed by atoms with Gasteiger partial charge in [-0.3, -0.25) is 4.99 Å². The maximum absolute atomic E-state index is 5.77. The van der Waals surface area contributed by atoms with Crippen LogP contribution in [0.5, 0.6) is 0 Å². The Hall–Kier alpha value is -0.770. The first-order chi connectivity index (χ1) is 7.97. The first kappa shape index (κ1) is 14.3. The SMILES string of the molecule is CC(C)(C)NC(N)=NCCOC1CCCCC1. The lowest BCUT2D eigenvalue weighted by Gasteiger charge is -2.22. The minimum Gasteiger partial charge on any atom is -0.376 e. The number of aliphatic imine (C=N–C) groups is 1. The molecule has 0 aromatic carbocycles. The predicted octanol–water partition coefficient (Wildman–Crippen LogP) is 2.04. The standard InChI is InChI=1S/C13H27N3O/c1-13(2,3)16-12(14)15-9-10-17-11-7-5-4-6-8-11/h11H,4-10H2,1-3H3,(H3,14,15,16). The van der Waals surface area contributed by atoms with Gasteiger partial charge in [0, 0.05) is 5.54 Å². The monoisotopic (exact) mass is 241 g/mol. The normalized spacial score (nSPS) is 19.4. The predicted molar refractivity (Wildman–Crippen MR) is 72.2 cm³/mol. The lowest BCUT2D eigenvalue weighted by molar-refractivity contribution is 0.0334. The summed E-state index contributed by atoms with van der Waals surface area (Å²) in [5.41, 5.74) is 5.73. The molecule has 1 saturated carbocycles. The summed E-state index contributed by atoms with van der Waals surface area (Å²) in [7, 11) is 0. The van der Waals surface area contributed by atoms with Crippen LogP contribution >= 0.6 is 0 Å². The second-order valence-electron chi connectivity index (χ2n) is 5.77. The van der Waals surface area contributed by atoms with Gasteiger partial charge in [0.15, 0.2) is 5.96 Å². The number of ether oxygens (including phenoxy) is 1. The number of nitrogens with one attached hydrogen (secondary N) is 1. The molecule has 1 aliphatic carbocycles. The van der Waals surface area contributed by atoms with Crippen molar-refractivity contribution in [2.24, 2.45) is 10.7 Å². The van der Waals surface area contributed by atoms with Gasteiger partial charge in [-0.05, 0) is 33.6 Å². The average molecular weight is 241 g/mol. The molecule has 4 nitrogen and oxygen atoms in total. The van der Waals surface area contributed by atoms with Crippen molar-refractivity contribution < 1.29 is 4.74 Å². The molecule has 0 saturated heterocycles. The van der Waals surface area contributed by atoms with E-state index < -0.39 is 0 Å². The van der Waals surface area contributed by atoms with Crippen LogP contribution in [-0.2, 0) is 4.74 Å². The van der Waals surface area contributed by atoms with E-state index in [1.807, 2.05) is 0 Å². The highest BCUT2D eigenvalue weighted by Crippen LogP contribution is 2.19. The molecule has 0 amide bonds. The smallest absolute Gasteiger partial charge is 0.189 e. The minimum atomic E-state index is -0.0300. The summed E-state index contributed by atoms with van der Waals surface area (Å²) < 4.78 is 5.77. The van der Waals surface area contributed by atoms with Gasteiger partial charge in [-0.25, -0.2) is 0 Å². The Balaban J connectivity index is 2.11. The molecule has 0 radical (unpaired) electrons. The Morgan fingerprint density at radius 1 is 1.29 bits per heavy atom. The Morgan fingerprint density at radius 3 is 2.53 bits per heavy atom. The first-order valence-electron chi connectivity index (χ1n) is 6.67. The van der Waals surface area contributed by atoms with Gasteiger partial charge < -0.3 is 15.8 Å². The molecule has 0 unspecified atom stereocenters. The summed E-state index contributed by atoms with van der Waals surface area (Å²) in [5.74, 6) is 0.504. The quantitative estimate of drug-likeness (QED) is 0.450. The highest BCUT2D eigenvalue weighted by atomic mass is 16.5. The van der Waals surface area contributed by atoms with Gasteiger partial charge in [0.25, 0.3) is 0 Å². The van der Waals surface area contributed by atoms with Crippen molar-refractivity contribution >= 4 is 5.96 Å². The average Bonchev–Trinajstić information content (AvgIpc) is 2.23. The van der Waals surface area contributed by atoms with Crippen LogP contribution in [0, 0.1) is 0 Å². The zero-order chi connectivity index (χ0) is 12.7. The third kappa shape index (κ3) is 7.21. The van der Waals surface area contributed by atoms with Gasteiger partial charge in [-0.15, -0.1) is 0 Å². The number of hydrogen-bond acceptors (Lipinski definition) is 2. The summed E-state index contributed by atoms with van der Waals surface area (Å²) in [6.07, 6.45) is 6.85. The molecular formula is C13H27N3O. The fourth-order valence-electron chi connectivity index (χ4n) is 2.04. The number of rotatable bonds is 4. The summed E-state index contributed by atoms with van der Waals surface area (Å²) >= 11 is 0. The molecular weight excluding hydrogens is 214 g/mol. The molecule has 0 aliphatic heterocycles. The number of nitrogens with two attached hydrogens (primary N) is 1. The van der Waals surface area contributed by atoms with Gasteiger partial charge >= 0.3 is 0 Å². The molecule has 0 bridgehead atoms. The lowest BCUT2D eigenvalue weighted by atomic mass is 9.98. The summed E-state index contributed by atoms with van der Waals surface area (Å²) in [6, 6.07) is 0. The molecule has 0 heterocycles. The molecule has 1 fully saturated rings. The Labute approximate surface area is 105 Å². The molecule has 3 N–H and O–H groups in total. The molecule has 4 heteroatoms. The minimum absolute atomic E-state index is 0.0300. The molecule has 1 rings (SSSR count). The molecule has 17 heavy (non-hydrogen) atoms. The highest BCUT2D eigenvalue weighted by molar-refractivity contribution is 5.78. The second-order valence-corrected chi connectivity index (χ2v) is 5.77. The molecule has 1 aliphatic rings. The van der Waals surface area contributed by atoms with Crippen LogP contribution in [-0.4, -0.2) is 30.8 Å². The summed E-state index contributed by atoms with van der Waals surface area (Å²) in [4.78, 5) is 4.25. The van der Waals surface area contributed by atoms with Gasteiger partial charge in [0.1, 0.15) is 0 Å². The number of hydrogen-bond donors (Lipinski definition) is 2. The van der Waals surface area contributed by atoms with Crippen molar-refractivity contribution in [3.63, 3.8) is 0 Å². The largest absolute Gasteiger partial charge is 0.376 e. The van der Waals surface area contributed by atoms with Crippen molar-refractivity contribution in [3.8, 4) is 0 Å². The van der Waals surface area contributed by atoms with Gasteiger partial charge in [0.05, 0.1) is 19.3 Å². The van der Waals surface area contributed by atoms with Crippen LogP contribution in [0.3, 0.4) is 0 Å². The van der Waals surface area contributed by atoms with E-state index in [4.69, 9.17) is 10.5 Å². The zero-order valence-corrected chi connectivity index (χ0v) is 11.5. The summed E-state index contributed by atoms with van der Waals surface area (Å²) in [5, 5.41) is 3.13. The van der Waals surface area contributed by atoms with Crippen molar-refractivity contribution in [3.05, 3.63) is 0 Å². The molecule has 100 valence electrons. The fourth-order valence-corrected chi connectivity index (χ4v) is 2.04. The third-order valence-electron chi connectivity index (χ3n) is 2.78. The Kier molecular flexibility index (Phi) is 5.75. The Morgan fingerprint density at radius 2 is 1.94 bits per heavy atom. The maximum atomic E-state index is 5.77. The first-order valence-corrected chi connectivity index (χ1v) is 6.67. The van der Waals surface area contributed by atoms with E-state index in [2.05, 4.69) is 31.1 Å². The van der Waals surface area contributed by atoms with Crippen LogP contribution in [0.15, 0.2) is 4.99 Å². The third-order valence-corrected chi connectivity index (χ3v) is 2.78. The molecule has 0 aromatic heterocycles. The van der Waals surface area contributed by atoms with E-state index in [0.29, 0.717) is 25.2 Å². The highest BCUT2D eigenvalue weighted by Gasteiger charge is 2.13. The number of nitrogens with zero attached hydrogens (tertiary/aromatic N) is 1. The van der Waals surface area contributed by atoms with Crippen LogP contribution in [0.1, 0.15) is 52.9 Å². The van der Waals surface area contributed by atoms with E-state index in [9.17, 15) is 0 Å². The van der Waals surface area contributed by atoms with Crippen LogP contribution in [0.25, 0.3) is 0 Å². The molecule has 0 spiro atoms. The van der Waals surface area contributed by atoms with E-state index in [1.165, 1.54) is 32.1 Å². The number of guanidine groups is 1. The fraction of sp³-hybridized carbons (Fsp3) is 0.923. The van der Waals surface area contributed by atoms with Crippen molar-refractivity contribution in [1.82, 2.24) is 5.32 Å². The van der Waals surface area contributed by atoms with Gasteiger partial charge in [-0.1, -0.05) is 19.3 Å².